The van der Waals surface area contributed by atoms with E-state index >= 15 is 0 Å². The van der Waals surface area contributed by atoms with Crippen LogP contribution in [-0.2, 0) is 10.5 Å². The summed E-state index contributed by atoms with van der Waals surface area (Å²) in [5.41, 5.74) is 7.77. The maximum atomic E-state index is 5.67. The van der Waals surface area contributed by atoms with Crippen LogP contribution in [0, 0.1) is 0 Å². The zero-order valence-corrected chi connectivity index (χ0v) is 11.2. The molecule has 0 fully saturated rings. The molecule has 4 heteroatoms. The highest BCUT2D eigenvalue weighted by molar-refractivity contribution is 9.10. The minimum Gasteiger partial charge on any atom is -0.399 e. The largest absolute Gasteiger partial charge is 0.399 e. The molecule has 1 aromatic carbocycles. The Labute approximate surface area is 104 Å². The van der Waals surface area contributed by atoms with Crippen LogP contribution in [-0.4, -0.2) is 19.5 Å². The minimum absolute atomic E-state index is 0.801. The molecule has 0 heterocycles. The van der Waals surface area contributed by atoms with Crippen LogP contribution in [0.4, 0.5) is 5.69 Å². The van der Waals surface area contributed by atoms with Crippen molar-refractivity contribution in [2.75, 3.05) is 25.2 Å². The summed E-state index contributed by atoms with van der Waals surface area (Å²) < 4.78 is 6.09. The molecule has 2 nitrogen and oxygen atoms in total. The second-order valence-electron chi connectivity index (χ2n) is 3.25. The van der Waals surface area contributed by atoms with Crippen molar-refractivity contribution in [2.24, 2.45) is 0 Å². The number of benzene rings is 1. The van der Waals surface area contributed by atoms with E-state index in [1.54, 1.807) is 7.11 Å². The van der Waals surface area contributed by atoms with Gasteiger partial charge in [0.2, 0.25) is 0 Å². The van der Waals surface area contributed by atoms with Crippen LogP contribution in [0.1, 0.15) is 12.0 Å². The number of nitrogen functional groups attached to an aromatic ring is 1. The molecule has 0 amide bonds. The van der Waals surface area contributed by atoms with Gasteiger partial charge in [-0.1, -0.05) is 22.0 Å². The quantitative estimate of drug-likeness (QED) is 0.645. The van der Waals surface area contributed by atoms with Crippen LogP contribution in [0.5, 0.6) is 0 Å². The summed E-state index contributed by atoms with van der Waals surface area (Å²) in [6.45, 7) is 0.843. The number of anilines is 1. The zero-order chi connectivity index (χ0) is 11.1. The second kappa shape index (κ2) is 7.14. The van der Waals surface area contributed by atoms with E-state index in [2.05, 4.69) is 22.0 Å². The molecule has 0 saturated heterocycles. The van der Waals surface area contributed by atoms with E-state index in [9.17, 15) is 0 Å². The maximum Gasteiger partial charge on any atom is 0.0470 e. The van der Waals surface area contributed by atoms with E-state index in [0.717, 1.165) is 34.7 Å². The molecule has 0 aromatic heterocycles. The fraction of sp³-hybridized carbons (Fsp3) is 0.455. The molecule has 0 bridgehead atoms. The number of hydrogen-bond acceptors (Lipinski definition) is 3. The predicted octanol–water partition coefficient (Wildman–Crippen LogP) is 3.30. The summed E-state index contributed by atoms with van der Waals surface area (Å²) in [4.78, 5) is 0. The topological polar surface area (TPSA) is 35.2 Å². The summed E-state index contributed by atoms with van der Waals surface area (Å²) in [5, 5.41) is 0. The van der Waals surface area contributed by atoms with Crippen molar-refractivity contribution in [2.45, 2.75) is 12.2 Å². The van der Waals surface area contributed by atoms with Crippen LogP contribution in [0.25, 0.3) is 0 Å². The third kappa shape index (κ3) is 4.91. The second-order valence-corrected chi connectivity index (χ2v) is 5.21. The molecule has 0 aliphatic heterocycles. The van der Waals surface area contributed by atoms with Crippen LogP contribution < -0.4 is 5.73 Å². The average molecular weight is 290 g/mol. The van der Waals surface area contributed by atoms with Gasteiger partial charge >= 0.3 is 0 Å². The molecule has 0 unspecified atom stereocenters. The van der Waals surface area contributed by atoms with Crippen LogP contribution in [0.3, 0.4) is 0 Å². The fourth-order valence-corrected chi connectivity index (χ4v) is 2.83. The molecule has 1 rings (SSSR count). The Morgan fingerprint density at radius 1 is 1.47 bits per heavy atom. The van der Waals surface area contributed by atoms with Crippen molar-refractivity contribution in [3.8, 4) is 0 Å². The molecule has 0 saturated carbocycles. The number of hydrogen-bond donors (Lipinski definition) is 1. The summed E-state index contributed by atoms with van der Waals surface area (Å²) >= 11 is 5.43. The monoisotopic (exact) mass is 289 g/mol. The summed E-state index contributed by atoms with van der Waals surface area (Å²) in [6, 6.07) is 5.96. The Bertz CT molecular complexity index is 307. The number of nitrogens with two attached hydrogens (primary N) is 1. The van der Waals surface area contributed by atoms with Gasteiger partial charge in [0.1, 0.15) is 0 Å². The highest BCUT2D eigenvalue weighted by Gasteiger charge is 2.00. The van der Waals surface area contributed by atoms with Crippen LogP contribution >= 0.6 is 27.7 Å². The molecule has 15 heavy (non-hydrogen) atoms. The lowest BCUT2D eigenvalue weighted by Gasteiger charge is -2.05. The zero-order valence-electron chi connectivity index (χ0n) is 8.83. The molecule has 0 aliphatic carbocycles. The molecule has 1 aromatic rings. The van der Waals surface area contributed by atoms with Gasteiger partial charge in [-0.3, -0.25) is 0 Å². The van der Waals surface area contributed by atoms with Gasteiger partial charge in [0, 0.05) is 29.6 Å². The third-order valence-electron chi connectivity index (χ3n) is 1.97. The number of halogens is 1. The summed E-state index contributed by atoms with van der Waals surface area (Å²) in [7, 11) is 1.74. The minimum atomic E-state index is 0.801. The summed E-state index contributed by atoms with van der Waals surface area (Å²) in [5.74, 6) is 2.15. The molecule has 0 aliphatic rings. The van der Waals surface area contributed by atoms with Crippen LogP contribution in [0.15, 0.2) is 22.7 Å². The molecule has 0 atom stereocenters. The normalized spacial score (nSPS) is 10.5. The Morgan fingerprint density at radius 3 is 2.93 bits per heavy atom. The molecular formula is C11H16BrNOS. The maximum absolute atomic E-state index is 5.67. The van der Waals surface area contributed by atoms with Gasteiger partial charge in [0.15, 0.2) is 0 Å². The van der Waals surface area contributed by atoms with Gasteiger partial charge in [-0.2, -0.15) is 11.8 Å². The molecule has 0 radical (unpaired) electrons. The van der Waals surface area contributed by atoms with E-state index in [1.165, 1.54) is 5.56 Å². The number of methoxy groups -OCH3 is 1. The van der Waals surface area contributed by atoms with Gasteiger partial charge in [-0.05, 0) is 29.9 Å². The summed E-state index contributed by atoms with van der Waals surface area (Å²) in [6.07, 6.45) is 1.10. The van der Waals surface area contributed by atoms with Crippen molar-refractivity contribution in [1.29, 1.82) is 0 Å². The van der Waals surface area contributed by atoms with E-state index < -0.39 is 0 Å². The molecule has 0 spiro atoms. The SMILES string of the molecule is COCCCSCc1ccc(N)cc1Br. The van der Waals surface area contributed by atoms with E-state index in [1.807, 2.05) is 23.9 Å². The number of rotatable bonds is 6. The fourth-order valence-electron chi connectivity index (χ4n) is 1.17. The molecule has 84 valence electrons. The van der Waals surface area contributed by atoms with Crippen molar-refractivity contribution >= 4 is 33.4 Å². The first-order chi connectivity index (χ1) is 7.24. The first-order valence-corrected chi connectivity index (χ1v) is 6.79. The van der Waals surface area contributed by atoms with Crippen molar-refractivity contribution in [3.05, 3.63) is 28.2 Å². The van der Waals surface area contributed by atoms with Gasteiger partial charge < -0.3 is 10.5 Å². The van der Waals surface area contributed by atoms with Crippen molar-refractivity contribution in [1.82, 2.24) is 0 Å². The number of ether oxygens (including phenoxy) is 1. The highest BCUT2D eigenvalue weighted by Crippen LogP contribution is 2.24. The highest BCUT2D eigenvalue weighted by atomic mass is 79.9. The Kier molecular flexibility index (Phi) is 6.13. The first-order valence-electron chi connectivity index (χ1n) is 4.84. The first kappa shape index (κ1) is 12.9. The average Bonchev–Trinajstić information content (AvgIpc) is 2.20. The standard InChI is InChI=1S/C11H16BrNOS/c1-14-5-2-6-15-8-9-3-4-10(13)7-11(9)12/h3-4,7H,2,5-6,8,13H2,1H3. The Hall–Kier alpha value is -0.190. The number of thioether (sulfide) groups is 1. The lowest BCUT2D eigenvalue weighted by molar-refractivity contribution is 0.200. The lowest BCUT2D eigenvalue weighted by atomic mass is 10.2. The third-order valence-corrected chi connectivity index (χ3v) is 3.80. The van der Waals surface area contributed by atoms with E-state index in [0.29, 0.717) is 0 Å². The Balaban J connectivity index is 2.31. The smallest absolute Gasteiger partial charge is 0.0470 e. The predicted molar refractivity (Wildman–Crippen MR) is 71.2 cm³/mol. The van der Waals surface area contributed by atoms with Gasteiger partial charge in [0.05, 0.1) is 0 Å². The van der Waals surface area contributed by atoms with Crippen molar-refractivity contribution < 1.29 is 4.74 Å². The Morgan fingerprint density at radius 2 is 2.27 bits per heavy atom. The van der Waals surface area contributed by atoms with Gasteiger partial charge in [0.25, 0.3) is 0 Å². The van der Waals surface area contributed by atoms with E-state index in [-0.39, 0.29) is 0 Å². The van der Waals surface area contributed by atoms with E-state index in [4.69, 9.17) is 10.5 Å². The lowest BCUT2D eigenvalue weighted by Crippen LogP contribution is -1.92. The van der Waals surface area contributed by atoms with Gasteiger partial charge in [-0.25, -0.2) is 0 Å². The molecular weight excluding hydrogens is 274 g/mol. The molecule has 2 N–H and O–H groups in total. The van der Waals surface area contributed by atoms with Crippen LogP contribution in [0.2, 0.25) is 0 Å². The van der Waals surface area contributed by atoms with Crippen molar-refractivity contribution in [3.63, 3.8) is 0 Å². The van der Waals surface area contributed by atoms with Gasteiger partial charge in [-0.15, -0.1) is 0 Å².